The first kappa shape index (κ1) is 29.0. The number of rotatable bonds is 9. The van der Waals surface area contributed by atoms with Crippen molar-refractivity contribution in [2.45, 2.75) is 90.2 Å². The van der Waals surface area contributed by atoms with Crippen molar-refractivity contribution in [1.29, 1.82) is 0 Å². The first-order valence-corrected chi connectivity index (χ1v) is 15.0. The van der Waals surface area contributed by atoms with Crippen LogP contribution in [0.4, 0.5) is 5.69 Å². The number of benzene rings is 3. The van der Waals surface area contributed by atoms with Crippen LogP contribution in [0.25, 0.3) is 11.1 Å². The lowest BCUT2D eigenvalue weighted by molar-refractivity contribution is -0.128. The zero-order valence-electron chi connectivity index (χ0n) is 24.2. The molecular weight excluding hydrogens is 506 g/mol. The molecule has 0 radical (unpaired) electrons. The lowest BCUT2D eigenvalue weighted by Crippen LogP contribution is -2.25. The predicted octanol–water partition coefficient (Wildman–Crippen LogP) is 8.00. The molecule has 5 nitrogen and oxygen atoms in total. The van der Waals surface area contributed by atoms with E-state index in [-0.39, 0.29) is 0 Å². The van der Waals surface area contributed by atoms with Crippen LogP contribution < -0.4 is 9.46 Å². The van der Waals surface area contributed by atoms with Crippen molar-refractivity contribution in [1.82, 2.24) is 0 Å². The summed E-state index contributed by atoms with van der Waals surface area (Å²) in [6.45, 7) is 14.9. The van der Waals surface area contributed by atoms with E-state index in [1.54, 1.807) is 0 Å². The van der Waals surface area contributed by atoms with Crippen LogP contribution in [0.1, 0.15) is 87.3 Å². The Kier molecular flexibility index (Phi) is 8.97. The fourth-order valence-electron chi connectivity index (χ4n) is 5.15. The Balaban J connectivity index is 1.79. The molecule has 6 heteroatoms. The minimum atomic E-state index is -1.47. The second kappa shape index (κ2) is 12.1. The number of hydrogen-bond donors (Lipinski definition) is 1. The van der Waals surface area contributed by atoms with Gasteiger partial charge >= 0.3 is 0 Å². The van der Waals surface area contributed by atoms with E-state index in [0.717, 1.165) is 71.4 Å². The minimum absolute atomic E-state index is 0.457. The van der Waals surface area contributed by atoms with Gasteiger partial charge in [-0.1, -0.05) is 32.0 Å². The SMILES string of the molecule is CCC(C)c1ccc(S(=O)Nc2cc(C)c(-c3ccc4c(c3)CCCO4)c(C(C=O)OC(C)(C)C)c2C)cc1. The van der Waals surface area contributed by atoms with Gasteiger partial charge in [0.1, 0.15) is 22.8 Å². The summed E-state index contributed by atoms with van der Waals surface area (Å²) in [5.41, 5.74) is 7.20. The zero-order chi connectivity index (χ0) is 28.3. The maximum Gasteiger partial charge on any atom is 0.153 e. The van der Waals surface area contributed by atoms with E-state index in [1.807, 2.05) is 58.9 Å². The summed E-state index contributed by atoms with van der Waals surface area (Å²) in [7, 11) is -1.47. The molecule has 1 aliphatic rings. The molecule has 0 aromatic heterocycles. The van der Waals surface area contributed by atoms with Crippen molar-refractivity contribution in [3.63, 3.8) is 0 Å². The van der Waals surface area contributed by atoms with Gasteiger partial charge in [0.15, 0.2) is 6.29 Å². The molecule has 0 aliphatic carbocycles. The molecule has 0 amide bonds. The van der Waals surface area contributed by atoms with Gasteiger partial charge < -0.3 is 19.0 Å². The number of nitrogens with one attached hydrogen (secondary N) is 1. The summed E-state index contributed by atoms with van der Waals surface area (Å²) in [5, 5.41) is 0. The van der Waals surface area contributed by atoms with Crippen LogP contribution in [0, 0.1) is 13.8 Å². The molecule has 39 heavy (non-hydrogen) atoms. The Morgan fingerprint density at radius 1 is 1.10 bits per heavy atom. The monoisotopic (exact) mass is 547 g/mol. The molecule has 3 atom stereocenters. The second-order valence-electron chi connectivity index (χ2n) is 11.5. The highest BCUT2D eigenvalue weighted by Gasteiger charge is 2.28. The summed E-state index contributed by atoms with van der Waals surface area (Å²) >= 11 is 0. The first-order chi connectivity index (χ1) is 18.5. The number of carbonyl (C=O) groups excluding carboxylic acids is 1. The van der Waals surface area contributed by atoms with Gasteiger partial charge in [-0.25, -0.2) is 4.21 Å². The predicted molar refractivity (Wildman–Crippen MR) is 160 cm³/mol. The molecule has 1 aliphatic heterocycles. The van der Waals surface area contributed by atoms with E-state index in [4.69, 9.17) is 9.47 Å². The van der Waals surface area contributed by atoms with Crippen LogP contribution in [0.5, 0.6) is 5.75 Å². The smallest absolute Gasteiger partial charge is 0.153 e. The summed E-state index contributed by atoms with van der Waals surface area (Å²) < 4.78 is 28.7. The van der Waals surface area contributed by atoms with Crippen LogP contribution in [0.15, 0.2) is 53.4 Å². The molecule has 0 saturated heterocycles. The van der Waals surface area contributed by atoms with Crippen LogP contribution in [-0.4, -0.2) is 22.7 Å². The van der Waals surface area contributed by atoms with Crippen molar-refractivity contribution in [3.8, 4) is 16.9 Å². The van der Waals surface area contributed by atoms with Crippen LogP contribution in [-0.2, 0) is 26.9 Å². The third-order valence-corrected chi connectivity index (χ3v) is 8.50. The standard InChI is InChI=1S/C33H41NO4S/c1-8-21(2)24-11-14-27(15-12-24)39(36)34-28-18-22(3)31(26-13-16-29-25(19-26)10-9-17-37-29)32(23(28)4)30(20-35)38-33(5,6)7/h11-16,18-21,30,34H,8-10,17H2,1-7H3. The van der Waals surface area contributed by atoms with Crippen molar-refractivity contribution < 1.29 is 18.5 Å². The van der Waals surface area contributed by atoms with Gasteiger partial charge in [-0.05, 0) is 124 Å². The van der Waals surface area contributed by atoms with Gasteiger partial charge in [0, 0.05) is 5.56 Å². The fourth-order valence-corrected chi connectivity index (χ4v) is 6.07. The lowest BCUT2D eigenvalue weighted by Gasteiger charge is -2.29. The third-order valence-electron chi connectivity index (χ3n) is 7.40. The van der Waals surface area contributed by atoms with Crippen molar-refractivity contribution >= 4 is 23.0 Å². The average Bonchev–Trinajstić information content (AvgIpc) is 2.92. The minimum Gasteiger partial charge on any atom is -0.493 e. The fraction of sp³-hybridized carbons (Fsp3) is 0.424. The number of carbonyl (C=O) groups is 1. The number of anilines is 1. The molecule has 3 unspecified atom stereocenters. The maximum absolute atomic E-state index is 13.4. The average molecular weight is 548 g/mol. The second-order valence-corrected chi connectivity index (χ2v) is 12.7. The summed E-state index contributed by atoms with van der Waals surface area (Å²) in [4.78, 5) is 13.2. The summed E-state index contributed by atoms with van der Waals surface area (Å²) in [5.74, 6) is 1.38. The van der Waals surface area contributed by atoms with Gasteiger partial charge in [-0.15, -0.1) is 0 Å². The Labute approximate surface area is 235 Å². The largest absolute Gasteiger partial charge is 0.493 e. The molecule has 3 aromatic carbocycles. The lowest BCUT2D eigenvalue weighted by atomic mass is 9.86. The first-order valence-electron chi connectivity index (χ1n) is 13.8. The van der Waals surface area contributed by atoms with E-state index >= 15 is 0 Å². The molecule has 208 valence electrons. The van der Waals surface area contributed by atoms with Gasteiger partial charge in [0.25, 0.3) is 0 Å². The van der Waals surface area contributed by atoms with Gasteiger partial charge in [-0.3, -0.25) is 0 Å². The molecule has 0 bridgehead atoms. The van der Waals surface area contributed by atoms with Gasteiger partial charge in [0.2, 0.25) is 0 Å². The molecule has 0 spiro atoms. The number of fused-ring (bicyclic) bond motifs is 1. The van der Waals surface area contributed by atoms with Crippen LogP contribution >= 0.6 is 0 Å². The Bertz CT molecular complexity index is 1360. The number of ether oxygens (including phenoxy) is 2. The Hall–Kier alpha value is -2.96. The summed E-state index contributed by atoms with van der Waals surface area (Å²) in [6.07, 6.45) is 3.09. The maximum atomic E-state index is 13.4. The Morgan fingerprint density at radius 2 is 1.82 bits per heavy atom. The molecule has 1 N–H and O–H groups in total. The van der Waals surface area contributed by atoms with Gasteiger partial charge in [-0.2, -0.15) is 0 Å². The third kappa shape index (κ3) is 6.62. The molecule has 3 aromatic rings. The number of aryl methyl sites for hydroxylation is 2. The molecule has 4 rings (SSSR count). The van der Waals surface area contributed by atoms with Crippen molar-refractivity contribution in [3.05, 3.63) is 76.3 Å². The van der Waals surface area contributed by atoms with Gasteiger partial charge in [0.05, 0.1) is 22.8 Å². The molecule has 0 saturated carbocycles. The van der Waals surface area contributed by atoms with E-state index < -0.39 is 22.7 Å². The summed E-state index contributed by atoms with van der Waals surface area (Å²) in [6, 6.07) is 16.2. The van der Waals surface area contributed by atoms with Crippen molar-refractivity contribution in [2.24, 2.45) is 0 Å². The highest BCUT2D eigenvalue weighted by Crippen LogP contribution is 2.41. The van der Waals surface area contributed by atoms with Crippen molar-refractivity contribution in [2.75, 3.05) is 11.3 Å². The molecular formula is C33H41NO4S. The number of aldehydes is 1. The quantitative estimate of drug-likeness (QED) is 0.276. The van der Waals surface area contributed by atoms with Crippen LogP contribution in [0.2, 0.25) is 0 Å². The molecule has 0 fully saturated rings. The molecule has 1 heterocycles. The Morgan fingerprint density at radius 3 is 2.46 bits per heavy atom. The zero-order valence-corrected chi connectivity index (χ0v) is 25.0. The highest BCUT2D eigenvalue weighted by atomic mass is 32.2. The number of hydrogen-bond acceptors (Lipinski definition) is 4. The normalized spacial score (nSPS) is 15.6. The topological polar surface area (TPSA) is 64.6 Å². The van der Waals surface area contributed by atoms with E-state index in [2.05, 4.69) is 42.8 Å². The van der Waals surface area contributed by atoms with E-state index in [1.165, 1.54) is 11.1 Å². The van der Waals surface area contributed by atoms with E-state index in [0.29, 0.717) is 10.8 Å². The highest BCUT2D eigenvalue weighted by molar-refractivity contribution is 7.86. The van der Waals surface area contributed by atoms with Crippen LogP contribution in [0.3, 0.4) is 0 Å². The van der Waals surface area contributed by atoms with E-state index in [9.17, 15) is 9.00 Å².